The Balaban J connectivity index is 2.15. The third kappa shape index (κ3) is 3.39. The normalized spacial score (nSPS) is 14.5. The Morgan fingerprint density at radius 2 is 2.19 bits per heavy atom. The number of aliphatic carboxylic acids is 1. The van der Waals surface area contributed by atoms with E-state index in [-0.39, 0.29) is 19.1 Å². The molecule has 1 unspecified atom stereocenters. The maximum atomic E-state index is 13.2. The van der Waals surface area contributed by atoms with Crippen molar-refractivity contribution in [3.8, 4) is 5.75 Å². The summed E-state index contributed by atoms with van der Waals surface area (Å²) in [6.45, 7) is 1.72. The topological polar surface area (TPSA) is 66.8 Å². The van der Waals surface area contributed by atoms with Gasteiger partial charge in [-0.05, 0) is 24.3 Å². The molecule has 0 fully saturated rings. The fourth-order valence-corrected chi connectivity index (χ4v) is 2.09. The van der Waals surface area contributed by atoms with Gasteiger partial charge in [-0.25, -0.2) is 4.39 Å². The summed E-state index contributed by atoms with van der Waals surface area (Å²) < 4.78 is 18.6. The van der Waals surface area contributed by atoms with Gasteiger partial charge in [0.25, 0.3) is 5.91 Å². The molecular formula is C15H16FNO4. The van der Waals surface area contributed by atoms with Crippen LogP contribution in [0.4, 0.5) is 4.39 Å². The fraction of sp³-hybridized carbons (Fsp3) is 0.333. The van der Waals surface area contributed by atoms with Crippen LogP contribution in [-0.4, -0.2) is 42.1 Å². The first-order chi connectivity index (χ1) is 9.88. The van der Waals surface area contributed by atoms with Gasteiger partial charge in [-0.3, -0.25) is 9.59 Å². The van der Waals surface area contributed by atoms with Crippen LogP contribution < -0.4 is 4.74 Å². The van der Waals surface area contributed by atoms with E-state index in [0.29, 0.717) is 16.9 Å². The van der Waals surface area contributed by atoms with Crippen LogP contribution in [0.2, 0.25) is 0 Å². The van der Waals surface area contributed by atoms with Crippen molar-refractivity contribution in [3.05, 3.63) is 35.2 Å². The van der Waals surface area contributed by atoms with Crippen molar-refractivity contribution in [3.63, 3.8) is 0 Å². The molecule has 0 aromatic heterocycles. The van der Waals surface area contributed by atoms with Gasteiger partial charge in [0, 0.05) is 19.2 Å². The minimum atomic E-state index is -0.962. The maximum Gasteiger partial charge on any atom is 0.308 e. The molecule has 5 nitrogen and oxygen atoms in total. The zero-order chi connectivity index (χ0) is 15.6. The number of rotatable bonds is 4. The van der Waals surface area contributed by atoms with Crippen molar-refractivity contribution in [1.29, 1.82) is 0 Å². The molecule has 0 saturated heterocycles. The molecule has 21 heavy (non-hydrogen) atoms. The summed E-state index contributed by atoms with van der Waals surface area (Å²) in [6, 6.07) is 4.10. The lowest BCUT2D eigenvalue weighted by Gasteiger charge is -2.23. The Morgan fingerprint density at radius 3 is 2.86 bits per heavy atom. The van der Waals surface area contributed by atoms with Crippen molar-refractivity contribution in [2.24, 2.45) is 5.92 Å². The number of ether oxygens (including phenoxy) is 1. The smallest absolute Gasteiger partial charge is 0.308 e. The number of hydrogen-bond donors (Lipinski definition) is 1. The quantitative estimate of drug-likeness (QED) is 0.919. The minimum absolute atomic E-state index is 0.0866. The number of carboxylic acids is 1. The molecule has 0 aliphatic carbocycles. The SMILES string of the molecule is CC(CN(C)C(=O)C1=Cc2cc(F)ccc2OC1)C(=O)O. The highest BCUT2D eigenvalue weighted by atomic mass is 19.1. The van der Waals surface area contributed by atoms with Crippen molar-refractivity contribution in [2.75, 3.05) is 20.2 Å². The van der Waals surface area contributed by atoms with E-state index < -0.39 is 17.7 Å². The maximum absolute atomic E-state index is 13.2. The van der Waals surface area contributed by atoms with Crippen LogP contribution in [0.1, 0.15) is 12.5 Å². The number of carbonyl (C=O) groups is 2. The van der Waals surface area contributed by atoms with Gasteiger partial charge in [0.15, 0.2) is 0 Å². The Hall–Kier alpha value is -2.37. The molecule has 0 saturated carbocycles. The number of fused-ring (bicyclic) bond motifs is 1. The number of carboxylic acid groups (broad SMARTS) is 1. The van der Waals surface area contributed by atoms with E-state index in [9.17, 15) is 14.0 Å². The average molecular weight is 293 g/mol. The Labute approximate surface area is 121 Å². The Kier molecular flexibility index (Phi) is 4.26. The van der Waals surface area contributed by atoms with Gasteiger partial charge in [0.2, 0.25) is 0 Å². The number of nitrogens with zero attached hydrogens (tertiary/aromatic N) is 1. The van der Waals surface area contributed by atoms with Crippen LogP contribution in [0.25, 0.3) is 6.08 Å². The number of hydrogen-bond acceptors (Lipinski definition) is 3. The van der Waals surface area contributed by atoms with Gasteiger partial charge < -0.3 is 14.7 Å². The van der Waals surface area contributed by atoms with Gasteiger partial charge in [-0.1, -0.05) is 6.92 Å². The second kappa shape index (κ2) is 5.95. The standard InChI is InChI=1S/C15H16FNO4/c1-9(15(19)20)7-17(2)14(18)11-5-10-6-12(16)3-4-13(10)21-8-11/h3-6,9H,7-8H2,1-2H3,(H,19,20). The summed E-state index contributed by atoms with van der Waals surface area (Å²) >= 11 is 0. The van der Waals surface area contributed by atoms with Crippen molar-refractivity contribution >= 4 is 18.0 Å². The van der Waals surface area contributed by atoms with E-state index in [2.05, 4.69) is 0 Å². The molecule has 1 aliphatic heterocycles. The molecule has 1 amide bonds. The Morgan fingerprint density at radius 1 is 1.48 bits per heavy atom. The van der Waals surface area contributed by atoms with E-state index in [1.165, 1.54) is 37.1 Å². The fourth-order valence-electron chi connectivity index (χ4n) is 2.09. The molecule has 1 N–H and O–H groups in total. The molecule has 0 bridgehead atoms. The number of amides is 1. The first-order valence-electron chi connectivity index (χ1n) is 6.49. The molecule has 1 atom stereocenters. The van der Waals surface area contributed by atoms with Crippen LogP contribution in [0.5, 0.6) is 5.75 Å². The molecule has 2 rings (SSSR count). The average Bonchev–Trinajstić information content (AvgIpc) is 2.45. The zero-order valence-electron chi connectivity index (χ0n) is 11.8. The van der Waals surface area contributed by atoms with E-state index >= 15 is 0 Å². The third-order valence-corrected chi connectivity index (χ3v) is 3.28. The lowest BCUT2D eigenvalue weighted by Crippen LogP contribution is -2.36. The summed E-state index contributed by atoms with van der Waals surface area (Å²) in [7, 11) is 1.53. The van der Waals surface area contributed by atoms with Gasteiger partial charge in [-0.15, -0.1) is 0 Å². The van der Waals surface area contributed by atoms with Crippen LogP contribution in [0.15, 0.2) is 23.8 Å². The van der Waals surface area contributed by atoms with Gasteiger partial charge in [0.1, 0.15) is 18.2 Å². The number of halogens is 1. The zero-order valence-corrected chi connectivity index (χ0v) is 11.8. The van der Waals surface area contributed by atoms with Crippen molar-refractivity contribution < 1.29 is 23.8 Å². The minimum Gasteiger partial charge on any atom is -0.488 e. The molecule has 0 spiro atoms. The second-order valence-corrected chi connectivity index (χ2v) is 5.07. The van der Waals surface area contributed by atoms with Gasteiger partial charge >= 0.3 is 5.97 Å². The lowest BCUT2D eigenvalue weighted by atomic mass is 10.1. The third-order valence-electron chi connectivity index (χ3n) is 3.28. The monoisotopic (exact) mass is 293 g/mol. The molecule has 1 heterocycles. The Bertz CT molecular complexity index is 612. The molecule has 6 heteroatoms. The van der Waals surface area contributed by atoms with Crippen molar-refractivity contribution in [2.45, 2.75) is 6.92 Å². The van der Waals surface area contributed by atoms with E-state index in [0.717, 1.165) is 0 Å². The first kappa shape index (κ1) is 15.0. The van der Waals surface area contributed by atoms with E-state index in [1.807, 2.05) is 0 Å². The first-order valence-corrected chi connectivity index (χ1v) is 6.49. The van der Waals surface area contributed by atoms with Crippen molar-refractivity contribution in [1.82, 2.24) is 4.90 Å². The van der Waals surface area contributed by atoms with Gasteiger partial charge in [0.05, 0.1) is 11.5 Å². The van der Waals surface area contributed by atoms with Crippen LogP contribution in [0, 0.1) is 11.7 Å². The largest absolute Gasteiger partial charge is 0.488 e. The molecule has 1 aliphatic rings. The van der Waals surface area contributed by atoms with Crippen LogP contribution >= 0.6 is 0 Å². The molecule has 1 aromatic rings. The molecular weight excluding hydrogens is 277 g/mol. The molecule has 1 aromatic carbocycles. The highest BCUT2D eigenvalue weighted by Gasteiger charge is 2.23. The summed E-state index contributed by atoms with van der Waals surface area (Å²) in [5, 5.41) is 8.86. The van der Waals surface area contributed by atoms with Crippen LogP contribution in [-0.2, 0) is 9.59 Å². The predicted octanol–water partition coefficient (Wildman–Crippen LogP) is 1.78. The summed E-state index contributed by atoms with van der Waals surface area (Å²) in [4.78, 5) is 24.4. The second-order valence-electron chi connectivity index (χ2n) is 5.07. The summed E-state index contributed by atoms with van der Waals surface area (Å²) in [5.41, 5.74) is 0.873. The number of benzene rings is 1. The highest BCUT2D eigenvalue weighted by Crippen LogP contribution is 2.27. The number of likely N-dealkylation sites (N-methyl/N-ethyl adjacent to an activating group) is 1. The lowest BCUT2D eigenvalue weighted by molar-refractivity contribution is -0.142. The number of carbonyl (C=O) groups excluding carboxylic acids is 1. The molecule has 112 valence electrons. The van der Waals surface area contributed by atoms with E-state index in [1.54, 1.807) is 6.08 Å². The molecule has 0 radical (unpaired) electrons. The van der Waals surface area contributed by atoms with Gasteiger partial charge in [-0.2, -0.15) is 0 Å². The van der Waals surface area contributed by atoms with E-state index in [4.69, 9.17) is 9.84 Å². The summed E-state index contributed by atoms with van der Waals surface area (Å²) in [6.07, 6.45) is 1.58. The summed E-state index contributed by atoms with van der Waals surface area (Å²) in [5.74, 6) is -1.83. The predicted molar refractivity (Wildman–Crippen MR) is 74.3 cm³/mol. The highest BCUT2D eigenvalue weighted by molar-refractivity contribution is 5.99. The van der Waals surface area contributed by atoms with Crippen LogP contribution in [0.3, 0.4) is 0 Å².